The number of carbonyl (C=O) groups excluding carboxylic acids is 1. The van der Waals surface area contributed by atoms with E-state index in [1.54, 1.807) is 30.3 Å². The molecule has 2 saturated heterocycles. The Kier molecular flexibility index (Phi) is 4.71. The number of ether oxygens (including phenoxy) is 1. The van der Waals surface area contributed by atoms with Gasteiger partial charge < -0.3 is 9.64 Å². The highest BCUT2D eigenvalue weighted by atomic mass is 19.3. The van der Waals surface area contributed by atoms with Gasteiger partial charge in [-0.05, 0) is 31.9 Å². The Hall–Kier alpha value is -2.32. The molecule has 150 valence electrons. The number of anilines is 1. The van der Waals surface area contributed by atoms with Crippen molar-refractivity contribution < 1.29 is 18.3 Å². The van der Waals surface area contributed by atoms with Crippen molar-refractivity contribution in [2.75, 3.05) is 24.5 Å². The number of alkyl halides is 2. The van der Waals surface area contributed by atoms with Gasteiger partial charge in [0.25, 0.3) is 0 Å². The maximum absolute atomic E-state index is 14.4. The molecule has 3 heterocycles. The molecular formula is C20H24F2N4O2. The van der Waals surface area contributed by atoms with Gasteiger partial charge in [0.2, 0.25) is 0 Å². The molecule has 1 aromatic carbocycles. The number of amides is 1. The third kappa shape index (κ3) is 3.42. The van der Waals surface area contributed by atoms with E-state index in [0.717, 1.165) is 17.8 Å². The molecule has 0 aliphatic carbocycles. The number of morpholine rings is 1. The number of hydrogen-bond acceptors (Lipinski definition) is 4. The first-order valence-corrected chi connectivity index (χ1v) is 9.45. The number of likely N-dealkylation sites (tertiary alicyclic amines) is 1. The number of para-hydroxylation sites is 1. The summed E-state index contributed by atoms with van der Waals surface area (Å²) in [7, 11) is 1.90. The van der Waals surface area contributed by atoms with Crippen LogP contribution < -0.4 is 4.90 Å². The normalized spacial score (nSPS) is 22.0. The molecule has 6 nitrogen and oxygen atoms in total. The minimum absolute atomic E-state index is 0.144. The largest absolute Gasteiger partial charge is 0.437 e. The highest BCUT2D eigenvalue weighted by Crippen LogP contribution is 2.40. The number of rotatable bonds is 3. The molecule has 8 heteroatoms. The zero-order valence-corrected chi connectivity index (χ0v) is 16.1. The second-order valence-electron chi connectivity index (χ2n) is 7.68. The van der Waals surface area contributed by atoms with Crippen LogP contribution in [-0.2, 0) is 23.1 Å². The van der Waals surface area contributed by atoms with E-state index < -0.39 is 17.6 Å². The van der Waals surface area contributed by atoms with E-state index in [0.29, 0.717) is 31.6 Å². The molecule has 0 unspecified atom stereocenters. The lowest BCUT2D eigenvalue weighted by Crippen LogP contribution is -2.64. The Bertz CT molecular complexity index is 860. The highest BCUT2D eigenvalue weighted by Gasteiger charge is 2.57. The lowest BCUT2D eigenvalue weighted by atomic mass is 9.88. The molecule has 2 aliphatic rings. The van der Waals surface area contributed by atoms with Crippen LogP contribution in [0.25, 0.3) is 0 Å². The summed E-state index contributed by atoms with van der Waals surface area (Å²) in [6.07, 6.45) is -1.08. The molecular weight excluding hydrogens is 366 g/mol. The molecule has 2 fully saturated rings. The van der Waals surface area contributed by atoms with Crippen molar-refractivity contribution in [3.05, 3.63) is 47.8 Å². The Labute approximate surface area is 162 Å². The summed E-state index contributed by atoms with van der Waals surface area (Å²) in [6, 6.07) is 8.62. The van der Waals surface area contributed by atoms with Crippen LogP contribution in [0.2, 0.25) is 0 Å². The van der Waals surface area contributed by atoms with E-state index in [1.165, 1.54) is 4.90 Å². The smallest absolute Gasteiger partial charge is 0.304 e. The predicted molar refractivity (Wildman–Crippen MR) is 100 cm³/mol. The van der Waals surface area contributed by atoms with Crippen LogP contribution in [0.4, 0.5) is 14.5 Å². The third-order valence-corrected chi connectivity index (χ3v) is 5.85. The van der Waals surface area contributed by atoms with Gasteiger partial charge in [0.1, 0.15) is 0 Å². The van der Waals surface area contributed by atoms with Crippen LogP contribution in [-0.4, -0.2) is 51.9 Å². The lowest BCUT2D eigenvalue weighted by molar-refractivity contribution is -0.293. The molecule has 0 radical (unpaired) electrons. The highest BCUT2D eigenvalue weighted by molar-refractivity contribution is 5.98. The van der Waals surface area contributed by atoms with E-state index in [-0.39, 0.29) is 6.54 Å². The van der Waals surface area contributed by atoms with Gasteiger partial charge >= 0.3 is 12.0 Å². The van der Waals surface area contributed by atoms with Gasteiger partial charge in [-0.25, -0.2) is 0 Å². The van der Waals surface area contributed by atoms with Crippen LogP contribution in [0, 0.1) is 6.92 Å². The average Bonchev–Trinajstić information content (AvgIpc) is 2.99. The minimum atomic E-state index is -3.81. The second-order valence-corrected chi connectivity index (χ2v) is 7.68. The van der Waals surface area contributed by atoms with Gasteiger partial charge in [-0.2, -0.15) is 13.9 Å². The molecule has 1 amide bonds. The van der Waals surface area contributed by atoms with Gasteiger partial charge in [-0.3, -0.25) is 14.4 Å². The van der Waals surface area contributed by atoms with E-state index in [9.17, 15) is 13.6 Å². The van der Waals surface area contributed by atoms with Crippen molar-refractivity contribution >= 4 is 11.6 Å². The molecule has 1 spiro atoms. The van der Waals surface area contributed by atoms with E-state index in [4.69, 9.17) is 4.74 Å². The topological polar surface area (TPSA) is 50.6 Å². The number of piperidine rings is 1. The fourth-order valence-corrected chi connectivity index (χ4v) is 4.00. The van der Waals surface area contributed by atoms with Crippen molar-refractivity contribution in [1.29, 1.82) is 0 Å². The minimum Gasteiger partial charge on any atom is -0.304 e. The molecule has 1 aromatic heterocycles. The van der Waals surface area contributed by atoms with Gasteiger partial charge in [-0.1, -0.05) is 18.2 Å². The summed E-state index contributed by atoms with van der Waals surface area (Å²) in [5.74, 6) is -1.29. The molecule has 2 aliphatic heterocycles. The summed E-state index contributed by atoms with van der Waals surface area (Å²) in [6.45, 7) is 4.14. The number of halogens is 2. The number of benzene rings is 1. The van der Waals surface area contributed by atoms with Gasteiger partial charge in [0.05, 0.1) is 18.3 Å². The van der Waals surface area contributed by atoms with Gasteiger partial charge in [0.15, 0.2) is 0 Å². The summed E-state index contributed by atoms with van der Waals surface area (Å²) in [5, 5.41) is 4.26. The number of aromatic nitrogens is 2. The fraction of sp³-hybridized carbons (Fsp3) is 0.500. The van der Waals surface area contributed by atoms with Crippen molar-refractivity contribution in [1.82, 2.24) is 14.7 Å². The molecule has 0 N–H and O–H groups in total. The van der Waals surface area contributed by atoms with E-state index in [2.05, 4.69) is 10.00 Å². The maximum Gasteiger partial charge on any atom is 0.437 e. The first-order chi connectivity index (χ1) is 13.3. The Morgan fingerprint density at radius 1 is 1.18 bits per heavy atom. The van der Waals surface area contributed by atoms with E-state index >= 15 is 0 Å². The SMILES string of the molecule is Cc1c(CN2CCC3(CC2)CN(c2ccccc2)C(=O)C(F)(F)O3)cnn1C. The molecule has 0 atom stereocenters. The number of aryl methyl sites for hydroxylation is 1. The van der Waals surface area contributed by atoms with Crippen LogP contribution in [0.1, 0.15) is 24.1 Å². The van der Waals surface area contributed by atoms with Gasteiger partial charge in [0, 0.05) is 43.6 Å². The summed E-state index contributed by atoms with van der Waals surface area (Å²) in [5.41, 5.74) is 1.67. The maximum atomic E-state index is 14.4. The van der Waals surface area contributed by atoms with Crippen LogP contribution in [0.5, 0.6) is 0 Å². The van der Waals surface area contributed by atoms with Gasteiger partial charge in [-0.15, -0.1) is 0 Å². The van der Waals surface area contributed by atoms with Crippen molar-refractivity contribution in [2.45, 2.75) is 38.0 Å². The Morgan fingerprint density at radius 3 is 2.46 bits per heavy atom. The molecule has 0 saturated carbocycles. The molecule has 4 rings (SSSR count). The second kappa shape index (κ2) is 6.93. The number of carbonyl (C=O) groups is 1. The average molecular weight is 390 g/mol. The third-order valence-electron chi connectivity index (χ3n) is 5.85. The van der Waals surface area contributed by atoms with Crippen LogP contribution in [0.3, 0.4) is 0 Å². The van der Waals surface area contributed by atoms with Crippen molar-refractivity contribution in [2.24, 2.45) is 7.05 Å². The number of nitrogens with zero attached hydrogens (tertiary/aromatic N) is 4. The lowest BCUT2D eigenvalue weighted by Gasteiger charge is -2.48. The van der Waals surface area contributed by atoms with Crippen LogP contribution in [0.15, 0.2) is 36.5 Å². The zero-order valence-electron chi connectivity index (χ0n) is 16.1. The quantitative estimate of drug-likeness (QED) is 0.809. The zero-order chi connectivity index (χ0) is 19.9. The predicted octanol–water partition coefficient (Wildman–Crippen LogP) is 2.72. The van der Waals surface area contributed by atoms with E-state index in [1.807, 2.05) is 24.9 Å². The molecule has 28 heavy (non-hydrogen) atoms. The molecule has 0 bridgehead atoms. The summed E-state index contributed by atoms with van der Waals surface area (Å²) in [4.78, 5) is 15.6. The first kappa shape index (κ1) is 19.0. The Morgan fingerprint density at radius 2 is 1.86 bits per heavy atom. The molecule has 2 aromatic rings. The summed E-state index contributed by atoms with van der Waals surface area (Å²) < 4.78 is 35.8. The van der Waals surface area contributed by atoms with Crippen LogP contribution >= 0.6 is 0 Å². The standard InChI is InChI=1S/C20H24F2N4O2/c1-15-16(12-23-24(15)2)13-25-10-8-19(9-11-25)14-26(17-6-4-3-5-7-17)18(27)20(21,22)28-19/h3-7,12H,8-11,13-14H2,1-2H3. The number of hydrogen-bond donors (Lipinski definition) is 0. The fourth-order valence-electron chi connectivity index (χ4n) is 4.00. The summed E-state index contributed by atoms with van der Waals surface area (Å²) >= 11 is 0. The van der Waals surface area contributed by atoms with Crippen molar-refractivity contribution in [3.8, 4) is 0 Å². The monoisotopic (exact) mass is 390 g/mol. The first-order valence-electron chi connectivity index (χ1n) is 9.45. The van der Waals surface area contributed by atoms with Crippen molar-refractivity contribution in [3.63, 3.8) is 0 Å². The Balaban J connectivity index is 1.49.